The first-order valence-electron chi connectivity index (χ1n) is 12.0. The molecule has 36 heavy (non-hydrogen) atoms. The lowest BCUT2D eigenvalue weighted by Crippen LogP contribution is -2.52. The van der Waals surface area contributed by atoms with E-state index in [1.54, 1.807) is 6.92 Å². The minimum atomic E-state index is -1.20. The second-order valence-corrected chi connectivity index (χ2v) is 8.79. The van der Waals surface area contributed by atoms with Crippen molar-refractivity contribution in [1.82, 2.24) is 9.80 Å². The van der Waals surface area contributed by atoms with Gasteiger partial charge < -0.3 is 25.2 Å². The first kappa shape index (κ1) is 27.5. The van der Waals surface area contributed by atoms with Crippen LogP contribution >= 0.6 is 0 Å². The van der Waals surface area contributed by atoms with Gasteiger partial charge in [-0.15, -0.1) is 0 Å². The lowest BCUT2D eigenvalue weighted by molar-refractivity contribution is -0.137. The highest BCUT2D eigenvalue weighted by molar-refractivity contribution is 5.86. The molecule has 0 unspecified atom stereocenters. The summed E-state index contributed by atoms with van der Waals surface area (Å²) < 4.78 is 37.6. The van der Waals surface area contributed by atoms with Gasteiger partial charge in [0.1, 0.15) is 24.4 Å². The van der Waals surface area contributed by atoms with Gasteiger partial charge in [-0.1, -0.05) is 31.2 Å². The fourth-order valence-corrected chi connectivity index (χ4v) is 4.14. The molecule has 0 spiro atoms. The maximum Gasteiger partial charge on any atom is 0.412 e. The predicted octanol–water partition coefficient (Wildman–Crippen LogP) is 2.60. The Bertz CT molecular complexity index is 1030. The Morgan fingerprint density at radius 2 is 1.86 bits per heavy atom. The number of aliphatic hydroxyl groups is 1. The number of benzene rings is 2. The number of hydrogen-bond donors (Lipinski definition) is 2. The standard InChI is InChI=1S/C26H33F2N3O5/c1-3-17-6-5-7-18(8-17)13-30(25(33)23-15-35-16-31(23)26(34)36-4-2)14-24(32)22(29)11-19-9-20(27)12-21(28)10-19/h5-10,12,22-24,32H,3-4,11,13-16,29H2,1-2H3/t22-,23+,24+/m0/s1. The van der Waals surface area contributed by atoms with Crippen molar-refractivity contribution in [2.75, 3.05) is 26.5 Å². The fraction of sp³-hybridized carbons (Fsp3) is 0.462. The Balaban J connectivity index is 1.79. The molecule has 196 valence electrons. The van der Waals surface area contributed by atoms with Crippen LogP contribution in [-0.4, -0.2) is 71.6 Å². The molecular formula is C26H33F2N3O5. The number of aliphatic hydroxyl groups excluding tert-OH is 1. The zero-order valence-electron chi connectivity index (χ0n) is 20.5. The largest absolute Gasteiger partial charge is 0.450 e. The van der Waals surface area contributed by atoms with Gasteiger partial charge in [-0.25, -0.2) is 13.6 Å². The van der Waals surface area contributed by atoms with E-state index in [0.717, 1.165) is 35.7 Å². The number of aryl methyl sites for hydroxylation is 1. The van der Waals surface area contributed by atoms with E-state index in [1.165, 1.54) is 9.80 Å². The van der Waals surface area contributed by atoms with E-state index in [0.29, 0.717) is 5.56 Å². The van der Waals surface area contributed by atoms with Gasteiger partial charge in [0.25, 0.3) is 0 Å². The molecule has 2 aromatic rings. The van der Waals surface area contributed by atoms with Gasteiger partial charge in [-0.2, -0.15) is 0 Å². The average Bonchev–Trinajstić information content (AvgIpc) is 3.33. The summed E-state index contributed by atoms with van der Waals surface area (Å²) in [5.41, 5.74) is 8.39. The lowest BCUT2D eigenvalue weighted by Gasteiger charge is -2.32. The molecule has 3 N–H and O–H groups in total. The Morgan fingerprint density at radius 1 is 1.17 bits per heavy atom. The second-order valence-electron chi connectivity index (χ2n) is 8.79. The zero-order chi connectivity index (χ0) is 26.2. The molecule has 2 amide bonds. The number of nitrogens with zero attached hydrogens (tertiary/aromatic N) is 2. The maximum atomic E-state index is 13.6. The molecule has 1 fully saturated rings. The van der Waals surface area contributed by atoms with Crippen LogP contribution in [0, 0.1) is 11.6 Å². The van der Waals surface area contributed by atoms with E-state index >= 15 is 0 Å². The normalized spacial score (nSPS) is 17.1. The minimum Gasteiger partial charge on any atom is -0.450 e. The van der Waals surface area contributed by atoms with Crippen LogP contribution in [0.1, 0.15) is 30.5 Å². The van der Waals surface area contributed by atoms with Crippen LogP contribution in [-0.2, 0) is 33.7 Å². The van der Waals surface area contributed by atoms with Gasteiger partial charge in [0.05, 0.1) is 19.3 Å². The highest BCUT2D eigenvalue weighted by Gasteiger charge is 2.39. The average molecular weight is 506 g/mol. The molecule has 1 aliphatic heterocycles. The molecule has 3 atom stereocenters. The number of nitrogens with two attached hydrogens (primary N) is 1. The molecule has 2 aromatic carbocycles. The number of hydrogen-bond acceptors (Lipinski definition) is 6. The van der Waals surface area contributed by atoms with Crippen molar-refractivity contribution in [1.29, 1.82) is 0 Å². The van der Waals surface area contributed by atoms with Gasteiger partial charge in [0.15, 0.2) is 0 Å². The van der Waals surface area contributed by atoms with Crippen molar-refractivity contribution in [2.24, 2.45) is 5.73 Å². The number of halogens is 2. The van der Waals surface area contributed by atoms with Crippen molar-refractivity contribution in [3.05, 3.63) is 70.8 Å². The first-order chi connectivity index (χ1) is 17.2. The van der Waals surface area contributed by atoms with Gasteiger partial charge >= 0.3 is 6.09 Å². The van der Waals surface area contributed by atoms with Crippen molar-refractivity contribution in [3.63, 3.8) is 0 Å². The Morgan fingerprint density at radius 3 is 2.53 bits per heavy atom. The number of amides is 2. The van der Waals surface area contributed by atoms with Crippen molar-refractivity contribution >= 4 is 12.0 Å². The van der Waals surface area contributed by atoms with E-state index < -0.39 is 41.8 Å². The Kier molecular flexibility index (Phi) is 9.74. The van der Waals surface area contributed by atoms with E-state index in [-0.39, 0.29) is 39.5 Å². The molecular weight excluding hydrogens is 472 g/mol. The topological polar surface area (TPSA) is 105 Å². The summed E-state index contributed by atoms with van der Waals surface area (Å²) in [7, 11) is 0. The van der Waals surface area contributed by atoms with Crippen LogP contribution in [0.2, 0.25) is 0 Å². The van der Waals surface area contributed by atoms with Crippen molar-refractivity contribution in [2.45, 2.75) is 51.4 Å². The van der Waals surface area contributed by atoms with Gasteiger partial charge in [-0.05, 0) is 48.6 Å². The molecule has 1 saturated heterocycles. The van der Waals surface area contributed by atoms with E-state index in [1.807, 2.05) is 31.2 Å². The Labute approximate surface area is 209 Å². The first-order valence-corrected chi connectivity index (χ1v) is 12.0. The summed E-state index contributed by atoms with van der Waals surface area (Å²) in [4.78, 5) is 28.5. The molecule has 0 bridgehead atoms. The smallest absolute Gasteiger partial charge is 0.412 e. The summed E-state index contributed by atoms with van der Waals surface area (Å²) >= 11 is 0. The van der Waals surface area contributed by atoms with Crippen LogP contribution in [0.3, 0.4) is 0 Å². The predicted molar refractivity (Wildman–Crippen MR) is 129 cm³/mol. The van der Waals surface area contributed by atoms with E-state index in [9.17, 15) is 23.5 Å². The summed E-state index contributed by atoms with van der Waals surface area (Å²) in [6.07, 6.45) is -1.04. The van der Waals surface area contributed by atoms with Gasteiger partial charge in [-0.3, -0.25) is 9.69 Å². The highest BCUT2D eigenvalue weighted by atomic mass is 19.1. The SMILES string of the molecule is CCOC(=O)N1COC[C@@H]1C(=O)N(Cc1cccc(CC)c1)C[C@@H](O)[C@@H](N)Cc1cc(F)cc(F)c1. The molecule has 0 saturated carbocycles. The van der Waals surface area contributed by atoms with E-state index in [2.05, 4.69) is 0 Å². The molecule has 1 heterocycles. The monoisotopic (exact) mass is 505 g/mol. The molecule has 0 aromatic heterocycles. The number of rotatable bonds is 10. The summed E-state index contributed by atoms with van der Waals surface area (Å²) in [5, 5.41) is 10.9. The zero-order valence-corrected chi connectivity index (χ0v) is 20.5. The van der Waals surface area contributed by atoms with Crippen LogP contribution in [0.4, 0.5) is 13.6 Å². The van der Waals surface area contributed by atoms with Crippen molar-refractivity contribution < 1.29 is 33.0 Å². The number of carbonyl (C=O) groups excluding carboxylic acids is 2. The summed E-state index contributed by atoms with van der Waals surface area (Å²) in [6, 6.07) is 8.96. The van der Waals surface area contributed by atoms with Gasteiger partial charge in [0, 0.05) is 25.2 Å². The fourth-order valence-electron chi connectivity index (χ4n) is 4.14. The number of carbonyl (C=O) groups is 2. The number of ether oxygens (including phenoxy) is 2. The third-order valence-electron chi connectivity index (χ3n) is 6.05. The van der Waals surface area contributed by atoms with E-state index in [4.69, 9.17) is 15.2 Å². The third kappa shape index (κ3) is 7.22. The third-order valence-corrected chi connectivity index (χ3v) is 6.05. The second kappa shape index (κ2) is 12.8. The summed E-state index contributed by atoms with van der Waals surface area (Å²) in [5.74, 6) is -1.90. The summed E-state index contributed by atoms with van der Waals surface area (Å²) in [6.45, 7) is 3.76. The molecule has 8 nitrogen and oxygen atoms in total. The van der Waals surface area contributed by atoms with Crippen LogP contribution in [0.5, 0.6) is 0 Å². The van der Waals surface area contributed by atoms with Crippen LogP contribution in [0.25, 0.3) is 0 Å². The molecule has 3 rings (SSSR count). The quantitative estimate of drug-likeness (QED) is 0.514. The van der Waals surface area contributed by atoms with Gasteiger partial charge in [0.2, 0.25) is 5.91 Å². The highest BCUT2D eigenvalue weighted by Crippen LogP contribution is 2.18. The van der Waals surface area contributed by atoms with Crippen molar-refractivity contribution in [3.8, 4) is 0 Å². The molecule has 1 aliphatic rings. The molecule has 0 aliphatic carbocycles. The maximum absolute atomic E-state index is 13.6. The molecule has 0 radical (unpaired) electrons. The molecule has 10 heteroatoms. The van der Waals surface area contributed by atoms with Crippen LogP contribution < -0.4 is 5.73 Å². The van der Waals surface area contributed by atoms with Crippen LogP contribution in [0.15, 0.2) is 42.5 Å². The lowest BCUT2D eigenvalue weighted by atomic mass is 10.0. The minimum absolute atomic E-state index is 0.00465. The Hall–Kier alpha value is -3.08.